The molecule has 2 aliphatic rings. The Labute approximate surface area is 232 Å². The second-order valence-electron chi connectivity index (χ2n) is 9.38. The zero-order valence-electron chi connectivity index (χ0n) is 20.4. The summed E-state index contributed by atoms with van der Waals surface area (Å²) in [6.07, 6.45) is -2.41. The highest BCUT2D eigenvalue weighted by Crippen LogP contribution is 2.49. The number of anilines is 2. The average molecular weight is 591 g/mol. The van der Waals surface area contributed by atoms with Crippen molar-refractivity contribution < 1.29 is 36.6 Å². The number of carbonyl (C=O) groups is 2. The van der Waals surface area contributed by atoms with E-state index in [-0.39, 0.29) is 38.8 Å². The monoisotopic (exact) mass is 590 g/mol. The number of nitrogens with one attached hydrogen (secondary N) is 2. The van der Waals surface area contributed by atoms with Crippen molar-refractivity contribution in [1.29, 1.82) is 0 Å². The van der Waals surface area contributed by atoms with Crippen molar-refractivity contribution in [3.05, 3.63) is 99.8 Å². The van der Waals surface area contributed by atoms with Gasteiger partial charge in [-0.15, -0.1) is 5.10 Å². The maximum atomic E-state index is 14.2. The summed E-state index contributed by atoms with van der Waals surface area (Å²) in [4.78, 5) is 27.3. The largest absolute Gasteiger partial charge is 0.423 e. The normalized spacial score (nSPS) is 19.6. The van der Waals surface area contributed by atoms with Crippen LogP contribution >= 0.6 is 11.6 Å². The molecule has 0 saturated heterocycles. The third-order valence-corrected chi connectivity index (χ3v) is 7.33. The molecule has 0 radical (unpaired) electrons. The van der Waals surface area contributed by atoms with Crippen LogP contribution in [-0.4, -0.2) is 44.8 Å². The van der Waals surface area contributed by atoms with E-state index in [4.69, 9.17) is 11.6 Å². The fourth-order valence-corrected chi connectivity index (χ4v) is 5.33. The molecule has 4 aromatic rings. The maximum absolute atomic E-state index is 14.2. The summed E-state index contributed by atoms with van der Waals surface area (Å²) in [6.45, 7) is -1.25. The molecule has 3 aromatic carbocycles. The van der Waals surface area contributed by atoms with E-state index in [1.54, 1.807) is 0 Å². The first-order valence-electron chi connectivity index (χ1n) is 11.9. The first kappa shape index (κ1) is 26.7. The van der Waals surface area contributed by atoms with Gasteiger partial charge in [-0.25, -0.2) is 18.3 Å². The number of rotatable bonds is 3. The number of fused-ring (bicyclic) bond motifs is 2. The molecule has 2 atom stereocenters. The standard InChI is InChI=1S/C26H16ClF5N6O3/c27-16-3-1-12(28)9-14(16)22-20-17(4-6-19(21(20)23(39)35-22)38-8-7-33-36-38)34-24(40)37-11-25(41,26(30,31)32)15-10-13(29)2-5-18(15)37/h1-10,22,41H,11H2,(H,34,40)(H,35,39)/t22-,25-/m0/s1. The smallest absolute Gasteiger partial charge is 0.375 e. The molecular formula is C26H16ClF5N6O3. The fourth-order valence-electron chi connectivity index (χ4n) is 5.11. The summed E-state index contributed by atoms with van der Waals surface area (Å²) < 4.78 is 71.1. The Hall–Kier alpha value is -4.56. The van der Waals surface area contributed by atoms with Gasteiger partial charge in [-0.1, -0.05) is 16.8 Å². The highest BCUT2D eigenvalue weighted by atomic mass is 35.5. The van der Waals surface area contributed by atoms with Crippen LogP contribution in [0, 0.1) is 11.6 Å². The van der Waals surface area contributed by atoms with Gasteiger partial charge in [0.05, 0.1) is 41.9 Å². The van der Waals surface area contributed by atoms with Crippen LogP contribution in [0.3, 0.4) is 0 Å². The molecular weight excluding hydrogens is 575 g/mol. The maximum Gasteiger partial charge on any atom is 0.423 e. The number of alkyl halides is 3. The summed E-state index contributed by atoms with van der Waals surface area (Å²) in [6, 6.07) is 6.45. The van der Waals surface area contributed by atoms with Gasteiger partial charge >= 0.3 is 12.2 Å². The molecule has 15 heteroatoms. The first-order chi connectivity index (χ1) is 19.4. The Balaban J connectivity index is 1.46. The van der Waals surface area contributed by atoms with E-state index >= 15 is 0 Å². The topological polar surface area (TPSA) is 112 Å². The van der Waals surface area contributed by atoms with Crippen LogP contribution in [0.15, 0.2) is 60.9 Å². The van der Waals surface area contributed by atoms with Crippen molar-refractivity contribution in [2.24, 2.45) is 0 Å². The number of aliphatic hydroxyl groups is 1. The van der Waals surface area contributed by atoms with Crippen LogP contribution in [0.25, 0.3) is 5.69 Å². The molecule has 6 rings (SSSR count). The van der Waals surface area contributed by atoms with Crippen molar-refractivity contribution in [2.45, 2.75) is 17.8 Å². The molecule has 0 spiro atoms. The van der Waals surface area contributed by atoms with Crippen LogP contribution in [-0.2, 0) is 5.60 Å². The predicted molar refractivity (Wildman–Crippen MR) is 135 cm³/mol. The Morgan fingerprint density at radius 3 is 2.51 bits per heavy atom. The lowest BCUT2D eigenvalue weighted by Gasteiger charge is -2.27. The lowest BCUT2D eigenvalue weighted by Crippen LogP contribution is -2.48. The zero-order chi connectivity index (χ0) is 29.3. The van der Waals surface area contributed by atoms with Crippen molar-refractivity contribution in [1.82, 2.24) is 20.3 Å². The van der Waals surface area contributed by atoms with Crippen LogP contribution < -0.4 is 15.5 Å². The molecule has 3 N–H and O–H groups in total. The van der Waals surface area contributed by atoms with Gasteiger partial charge in [-0.2, -0.15) is 13.2 Å². The molecule has 1 aromatic heterocycles. The van der Waals surface area contributed by atoms with Crippen molar-refractivity contribution in [3.8, 4) is 5.69 Å². The van der Waals surface area contributed by atoms with E-state index in [1.807, 2.05) is 0 Å². The summed E-state index contributed by atoms with van der Waals surface area (Å²) in [5, 5.41) is 23.4. The number of aromatic nitrogens is 3. The molecule has 2 aliphatic heterocycles. The van der Waals surface area contributed by atoms with Gasteiger partial charge in [-0.05, 0) is 48.5 Å². The summed E-state index contributed by atoms with van der Waals surface area (Å²) in [5.74, 6) is -2.31. The Kier molecular flexibility index (Phi) is 6.01. The number of urea groups is 1. The lowest BCUT2D eigenvalue weighted by molar-refractivity contribution is -0.258. The lowest BCUT2D eigenvalue weighted by atomic mass is 9.95. The Bertz CT molecular complexity index is 1730. The predicted octanol–water partition coefficient (Wildman–Crippen LogP) is 4.83. The molecule has 0 bridgehead atoms. The van der Waals surface area contributed by atoms with Gasteiger partial charge in [0.15, 0.2) is 0 Å². The molecule has 0 fully saturated rings. The Morgan fingerprint density at radius 1 is 1.10 bits per heavy atom. The van der Waals surface area contributed by atoms with Gasteiger partial charge in [0.2, 0.25) is 5.60 Å². The molecule has 3 heterocycles. The number of hydrogen-bond acceptors (Lipinski definition) is 5. The van der Waals surface area contributed by atoms with E-state index in [0.29, 0.717) is 11.0 Å². The number of carbonyl (C=O) groups excluding carboxylic acids is 2. The SMILES string of the molecule is O=C1N[C@@H](c2cc(F)ccc2Cl)c2c(NC(=O)N3C[C@@](O)(C(F)(F)F)c4cc(F)ccc43)ccc(-n3ccnn3)c21. The van der Waals surface area contributed by atoms with E-state index in [1.165, 1.54) is 35.3 Å². The molecule has 0 aliphatic carbocycles. The minimum atomic E-state index is -5.24. The molecule has 0 unspecified atom stereocenters. The number of nitrogens with zero attached hydrogens (tertiary/aromatic N) is 4. The minimum absolute atomic E-state index is 0.0225. The molecule has 0 saturated carbocycles. The van der Waals surface area contributed by atoms with Crippen LogP contribution in [0.2, 0.25) is 5.02 Å². The van der Waals surface area contributed by atoms with Crippen LogP contribution in [0.5, 0.6) is 0 Å². The molecule has 9 nitrogen and oxygen atoms in total. The van der Waals surface area contributed by atoms with E-state index < -0.39 is 53.5 Å². The summed E-state index contributed by atoms with van der Waals surface area (Å²) in [7, 11) is 0. The minimum Gasteiger partial charge on any atom is -0.375 e. The second kappa shape index (κ2) is 9.24. The molecule has 41 heavy (non-hydrogen) atoms. The van der Waals surface area contributed by atoms with Gasteiger partial charge in [-0.3, -0.25) is 9.69 Å². The van der Waals surface area contributed by atoms with Gasteiger partial charge in [0, 0.05) is 27.4 Å². The van der Waals surface area contributed by atoms with E-state index in [0.717, 1.165) is 24.3 Å². The van der Waals surface area contributed by atoms with Crippen LogP contribution in [0.1, 0.15) is 33.1 Å². The van der Waals surface area contributed by atoms with Gasteiger partial charge in [0.25, 0.3) is 5.91 Å². The number of amides is 3. The number of β-amino-alcohol motifs (C(OH)–C–C–N with tert-alkyl or cyclic N) is 1. The summed E-state index contributed by atoms with van der Waals surface area (Å²) in [5.41, 5.74) is -4.19. The van der Waals surface area contributed by atoms with Crippen LogP contribution in [0.4, 0.5) is 38.1 Å². The van der Waals surface area contributed by atoms with Gasteiger partial charge < -0.3 is 15.7 Å². The number of hydrogen-bond donors (Lipinski definition) is 3. The second-order valence-corrected chi connectivity index (χ2v) is 9.78. The van der Waals surface area contributed by atoms with Gasteiger partial charge in [0.1, 0.15) is 11.6 Å². The fraction of sp³-hybridized carbons (Fsp3) is 0.154. The highest BCUT2D eigenvalue weighted by Gasteiger charge is 2.61. The summed E-state index contributed by atoms with van der Waals surface area (Å²) >= 11 is 6.33. The average Bonchev–Trinajstić information content (AvgIpc) is 3.64. The first-order valence-corrected chi connectivity index (χ1v) is 12.2. The number of benzene rings is 3. The zero-order valence-corrected chi connectivity index (χ0v) is 21.1. The third kappa shape index (κ3) is 4.17. The van der Waals surface area contributed by atoms with E-state index in [9.17, 15) is 36.6 Å². The van der Waals surface area contributed by atoms with E-state index in [2.05, 4.69) is 20.9 Å². The third-order valence-electron chi connectivity index (χ3n) is 6.99. The van der Waals surface area contributed by atoms with Crippen molar-refractivity contribution in [2.75, 3.05) is 16.8 Å². The molecule has 210 valence electrons. The highest BCUT2D eigenvalue weighted by molar-refractivity contribution is 6.31. The number of halogens is 6. The molecule has 3 amide bonds. The van der Waals surface area contributed by atoms with Crippen molar-refractivity contribution in [3.63, 3.8) is 0 Å². The Morgan fingerprint density at radius 2 is 1.80 bits per heavy atom. The quantitative estimate of drug-likeness (QED) is 0.296. The van der Waals surface area contributed by atoms with Crippen molar-refractivity contribution >= 4 is 34.9 Å².